The van der Waals surface area contributed by atoms with Crippen LogP contribution in [0.25, 0.3) is 10.9 Å². The molecular weight excluding hydrogens is 505 g/mol. The molecule has 0 saturated heterocycles. The van der Waals surface area contributed by atoms with Crippen LogP contribution in [0.1, 0.15) is 39.6 Å². The Kier molecular flexibility index (Phi) is 7.05. The van der Waals surface area contributed by atoms with Crippen LogP contribution in [-0.2, 0) is 23.0 Å². The van der Waals surface area contributed by atoms with Crippen LogP contribution in [0, 0.1) is 0 Å². The molecule has 3 heterocycles. The summed E-state index contributed by atoms with van der Waals surface area (Å²) in [5, 5.41) is 4.82. The summed E-state index contributed by atoms with van der Waals surface area (Å²) < 4.78 is 28.8. The van der Waals surface area contributed by atoms with E-state index in [2.05, 4.69) is 32.0 Å². The van der Waals surface area contributed by atoms with E-state index in [1.54, 1.807) is 24.3 Å². The van der Waals surface area contributed by atoms with Gasteiger partial charge < -0.3 is 15.2 Å². The summed E-state index contributed by atoms with van der Waals surface area (Å²) in [6, 6.07) is 6.10. The molecular formula is C21H25Cl2N5O3S2. The van der Waals surface area contributed by atoms with E-state index >= 15 is 0 Å². The zero-order valence-electron chi connectivity index (χ0n) is 17.9. The number of thiazole rings is 1. The first-order chi connectivity index (χ1) is 15.3. The van der Waals surface area contributed by atoms with Gasteiger partial charge in [-0.3, -0.25) is 4.79 Å². The minimum Gasteiger partial charge on any atom is -0.346 e. The molecule has 0 radical (unpaired) electrons. The molecule has 1 aliphatic carbocycles. The third-order valence-corrected chi connectivity index (χ3v) is 8.83. The Morgan fingerprint density at radius 1 is 1.27 bits per heavy atom. The number of hydrogen-bond donors (Lipinski definition) is 3. The maximum atomic E-state index is 13.0. The standard InChI is InChI=1S/C21H24ClN5O3S2.ClH/c1-27-8-7-17-18(11-27)31-21(25-17)20(28)24-15-3-2-4-16(15)26-32(29,30)19-10-12-9-13(22)5-6-14(12)23-19;/h5-6,9-10,15-16,23,26H,2-4,7-8,11H2,1H3,(H,24,28);1H/t15-,16+;/m0./s1. The van der Waals surface area contributed by atoms with Crippen LogP contribution >= 0.6 is 35.3 Å². The number of carbonyl (C=O) groups excluding carboxylic acids is 1. The second-order valence-corrected chi connectivity index (χ2v) is 11.7. The van der Waals surface area contributed by atoms with E-state index in [9.17, 15) is 13.2 Å². The molecule has 1 aromatic carbocycles. The first-order valence-corrected chi connectivity index (χ1v) is 13.2. The number of nitrogens with one attached hydrogen (secondary N) is 3. The number of H-pyrrole nitrogens is 1. The summed E-state index contributed by atoms with van der Waals surface area (Å²) >= 11 is 7.44. The highest BCUT2D eigenvalue weighted by Crippen LogP contribution is 2.27. The molecule has 0 spiro atoms. The molecule has 2 atom stereocenters. The number of likely N-dealkylation sites (N-methyl/N-ethyl adjacent to an activating group) is 1. The molecule has 1 saturated carbocycles. The van der Waals surface area contributed by atoms with Crippen molar-refractivity contribution in [2.24, 2.45) is 0 Å². The summed E-state index contributed by atoms with van der Waals surface area (Å²) in [4.78, 5) is 23.7. The monoisotopic (exact) mass is 529 g/mol. The Balaban J connectivity index is 0.00000259. The fourth-order valence-corrected chi connectivity index (χ4v) is 7.01. The topological polar surface area (TPSA) is 107 Å². The largest absolute Gasteiger partial charge is 0.346 e. The number of amides is 1. The van der Waals surface area contributed by atoms with Gasteiger partial charge >= 0.3 is 0 Å². The lowest BCUT2D eigenvalue weighted by molar-refractivity contribution is 0.0932. The van der Waals surface area contributed by atoms with E-state index in [0.29, 0.717) is 22.0 Å². The van der Waals surface area contributed by atoms with E-state index in [1.165, 1.54) is 11.3 Å². The minimum atomic E-state index is -3.78. The quantitative estimate of drug-likeness (QED) is 0.469. The molecule has 8 nitrogen and oxygen atoms in total. The van der Waals surface area contributed by atoms with Gasteiger partial charge in [0.05, 0.1) is 5.69 Å². The lowest BCUT2D eigenvalue weighted by atomic mass is 10.2. The molecule has 3 N–H and O–H groups in total. The van der Waals surface area contributed by atoms with Gasteiger partial charge in [0.2, 0.25) is 0 Å². The zero-order chi connectivity index (χ0) is 22.5. The molecule has 0 unspecified atom stereocenters. The highest BCUT2D eigenvalue weighted by atomic mass is 35.5. The van der Waals surface area contributed by atoms with E-state index in [1.807, 2.05) is 0 Å². The number of fused-ring (bicyclic) bond motifs is 2. The summed E-state index contributed by atoms with van der Waals surface area (Å²) in [5.41, 5.74) is 1.70. The molecule has 178 valence electrons. The summed E-state index contributed by atoms with van der Waals surface area (Å²) in [7, 11) is -1.72. The first kappa shape index (κ1) is 24.4. The predicted octanol–water partition coefficient (Wildman–Crippen LogP) is 3.32. The van der Waals surface area contributed by atoms with Gasteiger partial charge in [0, 0.05) is 52.4 Å². The number of rotatable bonds is 5. The summed E-state index contributed by atoms with van der Waals surface area (Å²) in [5.74, 6) is -0.233. The number of halogens is 2. The van der Waals surface area contributed by atoms with Crippen molar-refractivity contribution in [2.75, 3.05) is 13.6 Å². The predicted molar refractivity (Wildman–Crippen MR) is 132 cm³/mol. The van der Waals surface area contributed by atoms with Gasteiger partial charge in [-0.2, -0.15) is 0 Å². The average Bonchev–Trinajstić information content (AvgIpc) is 3.45. The van der Waals surface area contributed by atoms with Gasteiger partial charge in [-0.05, 0) is 50.6 Å². The fourth-order valence-electron chi connectivity index (χ4n) is 4.41. The number of aromatic nitrogens is 2. The molecule has 1 fully saturated rings. The summed E-state index contributed by atoms with van der Waals surface area (Å²) in [6.45, 7) is 1.74. The molecule has 1 amide bonds. The molecule has 3 aromatic rings. The van der Waals surface area contributed by atoms with Crippen molar-refractivity contribution >= 4 is 62.2 Å². The van der Waals surface area contributed by atoms with Gasteiger partial charge in [-0.1, -0.05) is 11.6 Å². The van der Waals surface area contributed by atoms with Gasteiger partial charge in [0.25, 0.3) is 15.9 Å². The second-order valence-electron chi connectivity index (χ2n) is 8.48. The van der Waals surface area contributed by atoms with Crippen LogP contribution in [0.15, 0.2) is 29.3 Å². The molecule has 1 aliphatic heterocycles. The highest BCUT2D eigenvalue weighted by Gasteiger charge is 2.34. The van der Waals surface area contributed by atoms with E-state index in [0.717, 1.165) is 48.3 Å². The highest BCUT2D eigenvalue weighted by molar-refractivity contribution is 7.89. The van der Waals surface area contributed by atoms with Gasteiger partial charge in [-0.25, -0.2) is 18.1 Å². The first-order valence-electron chi connectivity index (χ1n) is 10.6. The lowest BCUT2D eigenvalue weighted by Gasteiger charge is -2.21. The van der Waals surface area contributed by atoms with Crippen LogP contribution in [0.4, 0.5) is 0 Å². The Morgan fingerprint density at radius 2 is 2.06 bits per heavy atom. The van der Waals surface area contributed by atoms with Crippen LogP contribution in [0.5, 0.6) is 0 Å². The Bertz CT molecular complexity index is 1290. The molecule has 2 aromatic heterocycles. The van der Waals surface area contributed by atoms with Crippen molar-refractivity contribution in [3.8, 4) is 0 Å². The Morgan fingerprint density at radius 3 is 2.88 bits per heavy atom. The van der Waals surface area contributed by atoms with Crippen molar-refractivity contribution in [2.45, 2.75) is 49.3 Å². The fraction of sp³-hybridized carbons (Fsp3) is 0.429. The average molecular weight is 531 g/mol. The third kappa shape index (κ3) is 5.06. The number of aromatic amines is 1. The number of hydrogen-bond acceptors (Lipinski definition) is 6. The summed E-state index contributed by atoms with van der Waals surface area (Å²) in [6.07, 6.45) is 3.06. The second kappa shape index (κ2) is 9.52. The molecule has 33 heavy (non-hydrogen) atoms. The van der Waals surface area contributed by atoms with E-state index in [-0.39, 0.29) is 35.4 Å². The third-order valence-electron chi connectivity index (χ3n) is 6.10. The normalized spacial score (nSPS) is 21.0. The molecule has 5 rings (SSSR count). The molecule has 12 heteroatoms. The number of benzene rings is 1. The number of sulfonamides is 1. The lowest BCUT2D eigenvalue weighted by Crippen LogP contribution is -2.48. The van der Waals surface area contributed by atoms with Crippen molar-refractivity contribution < 1.29 is 13.2 Å². The van der Waals surface area contributed by atoms with Crippen molar-refractivity contribution in [3.63, 3.8) is 0 Å². The maximum absolute atomic E-state index is 13.0. The zero-order valence-corrected chi connectivity index (χ0v) is 21.1. The van der Waals surface area contributed by atoms with Gasteiger partial charge in [0.1, 0.15) is 5.03 Å². The van der Waals surface area contributed by atoms with Crippen LogP contribution < -0.4 is 10.0 Å². The SMILES string of the molecule is CN1CCc2nc(C(=O)N[C@H]3CCC[C@H]3NS(=O)(=O)c3cc4cc(Cl)ccc4[nH]3)sc2C1.Cl. The molecule has 2 aliphatic rings. The van der Waals surface area contributed by atoms with Crippen LogP contribution in [0.2, 0.25) is 5.02 Å². The van der Waals surface area contributed by atoms with Gasteiger partial charge in [-0.15, -0.1) is 23.7 Å². The Hall–Kier alpha value is -1.69. The van der Waals surface area contributed by atoms with Gasteiger partial charge in [0.15, 0.2) is 5.01 Å². The van der Waals surface area contributed by atoms with Crippen molar-refractivity contribution in [3.05, 3.63) is 44.9 Å². The maximum Gasteiger partial charge on any atom is 0.280 e. The van der Waals surface area contributed by atoms with Crippen LogP contribution in [-0.4, -0.2) is 54.9 Å². The number of carbonyl (C=O) groups is 1. The minimum absolute atomic E-state index is 0. The smallest absolute Gasteiger partial charge is 0.280 e. The Labute approximate surface area is 207 Å². The molecule has 0 bridgehead atoms. The number of nitrogens with zero attached hydrogens (tertiary/aromatic N) is 2. The van der Waals surface area contributed by atoms with E-state index in [4.69, 9.17) is 11.6 Å². The van der Waals surface area contributed by atoms with Crippen molar-refractivity contribution in [1.82, 2.24) is 24.9 Å². The van der Waals surface area contributed by atoms with Crippen LogP contribution in [0.3, 0.4) is 0 Å². The van der Waals surface area contributed by atoms with E-state index < -0.39 is 10.0 Å². The van der Waals surface area contributed by atoms with Crippen molar-refractivity contribution in [1.29, 1.82) is 0 Å².